The number of amides is 1. The molecule has 0 aliphatic rings. The van der Waals surface area contributed by atoms with Gasteiger partial charge in [-0.1, -0.05) is 61.5 Å². The van der Waals surface area contributed by atoms with Crippen LogP contribution in [0.1, 0.15) is 33.2 Å². The number of aromatic nitrogens is 4. The lowest BCUT2D eigenvalue weighted by atomic mass is 10.0. The molecule has 7 nitrogen and oxygen atoms in total. The van der Waals surface area contributed by atoms with Gasteiger partial charge in [-0.2, -0.15) is 0 Å². The number of hydrogen-bond donors (Lipinski definition) is 1. The van der Waals surface area contributed by atoms with Gasteiger partial charge in [-0.05, 0) is 12.0 Å². The van der Waals surface area contributed by atoms with Crippen LogP contribution < -0.4 is 5.32 Å². The number of nitrogens with one attached hydrogen (secondary N) is 1. The molecule has 0 bridgehead atoms. The monoisotopic (exact) mass is 425 g/mol. The van der Waals surface area contributed by atoms with Crippen LogP contribution in [0, 0.1) is 0 Å². The fraction of sp³-hybridized carbons (Fsp3) is 0.160. The molecule has 32 heavy (non-hydrogen) atoms. The number of carbonyl (C=O) groups excluding carboxylic acids is 2. The van der Waals surface area contributed by atoms with E-state index in [-0.39, 0.29) is 17.9 Å². The lowest BCUT2D eigenvalue weighted by Crippen LogP contribution is -2.43. The average Bonchev–Trinajstić information content (AvgIpc) is 3.37. The maximum atomic E-state index is 13.0. The zero-order valence-electron chi connectivity index (χ0n) is 17.7. The Kier molecular flexibility index (Phi) is 6.46. The summed E-state index contributed by atoms with van der Waals surface area (Å²) in [4.78, 5) is 38.6. The SMILES string of the molecule is CCc1ccc(-c2ncc(C(=O)NC(Cn3ccnc3)C(=O)c3ccccc3)cn2)cc1. The van der Waals surface area contributed by atoms with E-state index < -0.39 is 11.9 Å². The Morgan fingerprint density at radius 3 is 2.31 bits per heavy atom. The van der Waals surface area contributed by atoms with Crippen LogP contribution in [0.4, 0.5) is 0 Å². The summed E-state index contributed by atoms with van der Waals surface area (Å²) < 4.78 is 1.76. The third kappa shape index (κ3) is 4.95. The van der Waals surface area contributed by atoms with E-state index in [1.54, 1.807) is 47.6 Å². The maximum Gasteiger partial charge on any atom is 0.255 e. The van der Waals surface area contributed by atoms with Crippen molar-refractivity contribution in [3.63, 3.8) is 0 Å². The summed E-state index contributed by atoms with van der Waals surface area (Å²) in [6, 6.07) is 16.1. The highest BCUT2D eigenvalue weighted by molar-refractivity contribution is 6.04. The van der Waals surface area contributed by atoms with Crippen molar-refractivity contribution < 1.29 is 9.59 Å². The molecule has 160 valence electrons. The molecular weight excluding hydrogens is 402 g/mol. The fourth-order valence-electron chi connectivity index (χ4n) is 3.33. The fourth-order valence-corrected chi connectivity index (χ4v) is 3.33. The van der Waals surface area contributed by atoms with E-state index in [0.717, 1.165) is 12.0 Å². The lowest BCUT2D eigenvalue weighted by Gasteiger charge is -2.18. The third-order valence-corrected chi connectivity index (χ3v) is 5.17. The quantitative estimate of drug-likeness (QED) is 0.436. The van der Waals surface area contributed by atoms with Crippen molar-refractivity contribution in [3.05, 3.63) is 102 Å². The normalized spacial score (nSPS) is 11.7. The zero-order valence-corrected chi connectivity index (χ0v) is 17.7. The number of ketones is 1. The summed E-state index contributed by atoms with van der Waals surface area (Å²) >= 11 is 0. The number of aryl methyl sites for hydroxylation is 1. The standard InChI is InChI=1S/C25H23N5O2/c1-2-18-8-10-20(11-9-18)24-27-14-21(15-28-24)25(32)29-22(16-30-13-12-26-17-30)23(31)19-6-4-3-5-7-19/h3-15,17,22H,2,16H2,1H3,(H,29,32). The van der Waals surface area contributed by atoms with Crippen molar-refractivity contribution in [1.82, 2.24) is 24.8 Å². The molecule has 0 saturated carbocycles. The van der Waals surface area contributed by atoms with E-state index in [1.165, 1.54) is 18.0 Å². The molecule has 4 rings (SSSR count). The van der Waals surface area contributed by atoms with Crippen LogP contribution >= 0.6 is 0 Å². The van der Waals surface area contributed by atoms with Crippen LogP contribution in [0.15, 0.2) is 85.7 Å². The van der Waals surface area contributed by atoms with E-state index in [1.807, 2.05) is 30.3 Å². The third-order valence-electron chi connectivity index (χ3n) is 5.17. The van der Waals surface area contributed by atoms with Crippen molar-refractivity contribution >= 4 is 11.7 Å². The summed E-state index contributed by atoms with van der Waals surface area (Å²) in [5.74, 6) is -0.0481. The van der Waals surface area contributed by atoms with Gasteiger partial charge in [0.05, 0.1) is 18.4 Å². The highest BCUT2D eigenvalue weighted by Crippen LogP contribution is 2.16. The molecule has 1 unspecified atom stereocenters. The van der Waals surface area contributed by atoms with Gasteiger partial charge < -0.3 is 9.88 Å². The maximum absolute atomic E-state index is 13.0. The first-order valence-electron chi connectivity index (χ1n) is 10.4. The molecule has 0 fully saturated rings. The molecule has 0 saturated heterocycles. The summed E-state index contributed by atoms with van der Waals surface area (Å²) in [6.07, 6.45) is 8.91. The number of hydrogen-bond acceptors (Lipinski definition) is 5. The van der Waals surface area contributed by atoms with Gasteiger partial charge in [0.15, 0.2) is 11.6 Å². The summed E-state index contributed by atoms with van der Waals surface area (Å²) in [5.41, 5.74) is 2.93. The van der Waals surface area contributed by atoms with Crippen molar-refractivity contribution in [1.29, 1.82) is 0 Å². The Bertz CT molecular complexity index is 1170. The predicted molar refractivity (Wildman–Crippen MR) is 121 cm³/mol. The number of rotatable bonds is 8. The topological polar surface area (TPSA) is 89.8 Å². The van der Waals surface area contributed by atoms with E-state index >= 15 is 0 Å². The lowest BCUT2D eigenvalue weighted by molar-refractivity contribution is 0.0847. The number of benzene rings is 2. The Morgan fingerprint density at radius 1 is 0.969 bits per heavy atom. The van der Waals surface area contributed by atoms with Crippen LogP contribution in [0.25, 0.3) is 11.4 Å². The molecule has 1 atom stereocenters. The van der Waals surface area contributed by atoms with Gasteiger partial charge >= 0.3 is 0 Å². The minimum Gasteiger partial charge on any atom is -0.340 e. The van der Waals surface area contributed by atoms with Crippen LogP contribution in [-0.2, 0) is 13.0 Å². The number of nitrogens with zero attached hydrogens (tertiary/aromatic N) is 4. The van der Waals surface area contributed by atoms with Gasteiger partial charge in [0.1, 0.15) is 6.04 Å². The molecule has 0 spiro atoms. The summed E-state index contributed by atoms with van der Waals surface area (Å²) in [5, 5.41) is 2.83. The smallest absolute Gasteiger partial charge is 0.255 e. The Labute approximate surface area is 186 Å². The molecule has 0 radical (unpaired) electrons. The van der Waals surface area contributed by atoms with Crippen molar-refractivity contribution in [2.45, 2.75) is 25.9 Å². The summed E-state index contributed by atoms with van der Waals surface area (Å²) in [6.45, 7) is 2.36. The van der Waals surface area contributed by atoms with Crippen LogP contribution in [-0.4, -0.2) is 37.3 Å². The van der Waals surface area contributed by atoms with Gasteiger partial charge in [-0.3, -0.25) is 9.59 Å². The van der Waals surface area contributed by atoms with Crippen molar-refractivity contribution in [3.8, 4) is 11.4 Å². The van der Waals surface area contributed by atoms with Gasteiger partial charge in [0.25, 0.3) is 5.91 Å². The zero-order chi connectivity index (χ0) is 22.3. The first kappa shape index (κ1) is 21.1. The largest absolute Gasteiger partial charge is 0.340 e. The second-order valence-electron chi connectivity index (χ2n) is 7.36. The predicted octanol–water partition coefficient (Wildman–Crippen LogP) is 3.58. The molecule has 2 aromatic carbocycles. The van der Waals surface area contributed by atoms with Gasteiger partial charge in [0.2, 0.25) is 0 Å². The molecular formula is C25H23N5O2. The average molecular weight is 425 g/mol. The van der Waals surface area contributed by atoms with E-state index in [2.05, 4.69) is 27.2 Å². The first-order valence-corrected chi connectivity index (χ1v) is 10.4. The molecule has 0 aliphatic heterocycles. The molecule has 0 aliphatic carbocycles. The molecule has 1 N–H and O–H groups in total. The van der Waals surface area contributed by atoms with Crippen molar-refractivity contribution in [2.75, 3.05) is 0 Å². The molecule has 2 heterocycles. The highest BCUT2D eigenvalue weighted by Gasteiger charge is 2.23. The minimum absolute atomic E-state index is 0.179. The van der Waals surface area contributed by atoms with Gasteiger partial charge in [0, 0.05) is 35.9 Å². The number of carbonyl (C=O) groups is 2. The number of imidazole rings is 1. The molecule has 4 aromatic rings. The van der Waals surface area contributed by atoms with E-state index in [0.29, 0.717) is 11.4 Å². The van der Waals surface area contributed by atoms with Crippen LogP contribution in [0.5, 0.6) is 0 Å². The Balaban J connectivity index is 1.51. The minimum atomic E-state index is -0.764. The number of Topliss-reactive ketones (excluding diaryl/α,β-unsaturated/α-hetero) is 1. The Morgan fingerprint density at radius 2 is 1.69 bits per heavy atom. The molecule has 7 heteroatoms. The van der Waals surface area contributed by atoms with Crippen LogP contribution in [0.2, 0.25) is 0 Å². The second-order valence-corrected chi connectivity index (χ2v) is 7.36. The molecule has 1 amide bonds. The van der Waals surface area contributed by atoms with Gasteiger partial charge in [-0.15, -0.1) is 0 Å². The first-order chi connectivity index (χ1) is 15.6. The van der Waals surface area contributed by atoms with Crippen molar-refractivity contribution in [2.24, 2.45) is 0 Å². The highest BCUT2D eigenvalue weighted by atomic mass is 16.2. The van der Waals surface area contributed by atoms with E-state index in [9.17, 15) is 9.59 Å². The molecule has 2 aromatic heterocycles. The van der Waals surface area contributed by atoms with Crippen LogP contribution in [0.3, 0.4) is 0 Å². The second kappa shape index (κ2) is 9.78. The Hall–Kier alpha value is -4.13. The van der Waals surface area contributed by atoms with Gasteiger partial charge in [-0.25, -0.2) is 15.0 Å². The van der Waals surface area contributed by atoms with E-state index in [4.69, 9.17) is 0 Å². The summed E-state index contributed by atoms with van der Waals surface area (Å²) in [7, 11) is 0.